The summed E-state index contributed by atoms with van der Waals surface area (Å²) in [6.45, 7) is 13.2. The maximum absolute atomic E-state index is 6.08. The van der Waals surface area contributed by atoms with Gasteiger partial charge in [0.25, 0.3) is 0 Å². The number of hydrogen-bond donors (Lipinski definition) is 0. The molecule has 5 heterocycles. The van der Waals surface area contributed by atoms with Crippen molar-refractivity contribution in [3.63, 3.8) is 0 Å². The van der Waals surface area contributed by atoms with Gasteiger partial charge < -0.3 is 14.0 Å². The quantitative estimate of drug-likeness (QED) is 0.166. The molecule has 6 heteroatoms. The van der Waals surface area contributed by atoms with Gasteiger partial charge in [-0.2, -0.15) is 0 Å². The molecule has 5 nitrogen and oxygen atoms in total. The second-order valence-electron chi connectivity index (χ2n) is 15.8. The molecule has 0 N–H and O–H groups in total. The summed E-state index contributed by atoms with van der Waals surface area (Å²) in [5.41, 5.74) is 11.9. The van der Waals surface area contributed by atoms with Gasteiger partial charge in [0.05, 0.1) is 28.0 Å². The monoisotopic (exact) mass is 849 g/mol. The van der Waals surface area contributed by atoms with Gasteiger partial charge in [-0.15, -0.1) is 54.1 Å². The number of aromatic nitrogens is 4. The molecule has 261 valence electrons. The van der Waals surface area contributed by atoms with E-state index in [2.05, 4.69) is 116 Å². The fraction of sp³-hybridized carbons (Fsp3) is 0.311. The molecule has 0 atom stereocenters. The Kier molecular flexibility index (Phi) is 9.37. The molecule has 4 aromatic heterocycles. The number of imidazole rings is 1. The van der Waals surface area contributed by atoms with Gasteiger partial charge >= 0.3 is 0 Å². The van der Waals surface area contributed by atoms with E-state index in [1.807, 2.05) is 43.5 Å². The minimum absolute atomic E-state index is 0. The average Bonchev–Trinajstić information content (AvgIpc) is 3.85. The zero-order chi connectivity index (χ0) is 34.6. The maximum atomic E-state index is 6.08. The number of aryl methyl sites for hydroxylation is 1. The number of rotatable bonds is 4. The number of nitrogens with zero attached hydrogens (tertiary/aromatic N) is 4. The molecule has 51 heavy (non-hydrogen) atoms. The van der Waals surface area contributed by atoms with E-state index in [9.17, 15) is 0 Å². The molecule has 0 unspecified atom stereocenters. The van der Waals surface area contributed by atoms with Crippen molar-refractivity contribution in [3.8, 4) is 22.6 Å². The van der Waals surface area contributed by atoms with Crippen molar-refractivity contribution in [3.05, 3.63) is 120 Å². The molecule has 1 fully saturated rings. The Morgan fingerprint density at radius 1 is 0.922 bits per heavy atom. The Morgan fingerprint density at radius 2 is 1.75 bits per heavy atom. The first-order chi connectivity index (χ1) is 24.0. The van der Waals surface area contributed by atoms with Crippen LogP contribution in [0.3, 0.4) is 0 Å². The van der Waals surface area contributed by atoms with Crippen molar-refractivity contribution in [2.75, 3.05) is 0 Å². The first-order valence-corrected chi connectivity index (χ1v) is 17.9. The number of hydrogen-bond acceptors (Lipinski definition) is 4. The largest absolute Gasteiger partial charge is 0.486 e. The summed E-state index contributed by atoms with van der Waals surface area (Å²) < 4.78 is 8.47. The SMILES string of the molecule is CC1(C)C=Cc2cc(C3CCCC3)cc3nc(-c4[c-]cccc4)n1c23.Cc1ccc2c(n1)oc1c(-c3cc(CC(C)(C)C)ccn3)[c-]ccc12.[Ir]. The van der Waals surface area contributed by atoms with Gasteiger partial charge in [0, 0.05) is 37.4 Å². The Hall–Kier alpha value is -4.38. The van der Waals surface area contributed by atoms with Crippen LogP contribution in [0.15, 0.2) is 89.5 Å². The summed E-state index contributed by atoms with van der Waals surface area (Å²) in [6.07, 6.45) is 12.8. The van der Waals surface area contributed by atoms with E-state index >= 15 is 0 Å². The smallest absolute Gasteiger partial charge is 0.216 e. The van der Waals surface area contributed by atoms with E-state index in [1.165, 1.54) is 47.9 Å². The van der Waals surface area contributed by atoms with E-state index in [-0.39, 0.29) is 31.1 Å². The molecule has 0 amide bonds. The summed E-state index contributed by atoms with van der Waals surface area (Å²) in [5.74, 6) is 1.73. The third-order valence-corrected chi connectivity index (χ3v) is 10.1. The summed E-state index contributed by atoms with van der Waals surface area (Å²) in [4.78, 5) is 14.2. The van der Waals surface area contributed by atoms with Crippen LogP contribution in [0.4, 0.5) is 0 Å². The van der Waals surface area contributed by atoms with Gasteiger partial charge in [-0.3, -0.25) is 4.98 Å². The molecular weight excluding hydrogens is 805 g/mol. The van der Waals surface area contributed by atoms with Gasteiger partial charge in [-0.05, 0) is 98.5 Å². The number of fused-ring (bicyclic) bond motifs is 3. The molecule has 1 aliphatic carbocycles. The molecule has 0 saturated heterocycles. The van der Waals surface area contributed by atoms with Gasteiger partial charge in [0.1, 0.15) is 0 Å². The minimum Gasteiger partial charge on any atom is -0.486 e. The summed E-state index contributed by atoms with van der Waals surface area (Å²) in [6, 6.07) is 31.8. The van der Waals surface area contributed by atoms with Crippen LogP contribution >= 0.6 is 0 Å². The second-order valence-corrected chi connectivity index (χ2v) is 15.8. The van der Waals surface area contributed by atoms with Gasteiger partial charge in [0.15, 0.2) is 0 Å². The zero-order valence-electron chi connectivity index (χ0n) is 30.3. The predicted octanol–water partition coefficient (Wildman–Crippen LogP) is 11.7. The first kappa shape index (κ1) is 35.0. The van der Waals surface area contributed by atoms with Crippen molar-refractivity contribution in [1.82, 2.24) is 19.5 Å². The number of furan rings is 1. The summed E-state index contributed by atoms with van der Waals surface area (Å²) in [7, 11) is 0. The molecule has 0 spiro atoms. The molecule has 2 aliphatic rings. The molecule has 1 aliphatic heterocycles. The average molecular weight is 849 g/mol. The van der Waals surface area contributed by atoms with Gasteiger partial charge in [-0.1, -0.05) is 68.3 Å². The minimum atomic E-state index is -0.0877. The molecule has 9 rings (SSSR count). The van der Waals surface area contributed by atoms with E-state index in [1.54, 1.807) is 0 Å². The Morgan fingerprint density at radius 3 is 2.51 bits per heavy atom. The topological polar surface area (TPSA) is 56.7 Å². The zero-order valence-corrected chi connectivity index (χ0v) is 32.7. The number of allylic oxidation sites excluding steroid dienone is 1. The van der Waals surface area contributed by atoms with E-state index in [4.69, 9.17) is 9.40 Å². The number of benzene rings is 3. The summed E-state index contributed by atoms with van der Waals surface area (Å²) in [5, 5.41) is 2.08. The van der Waals surface area contributed by atoms with Crippen LogP contribution in [-0.2, 0) is 32.1 Å². The van der Waals surface area contributed by atoms with Crippen molar-refractivity contribution in [2.24, 2.45) is 5.41 Å². The third-order valence-electron chi connectivity index (χ3n) is 10.1. The van der Waals surface area contributed by atoms with E-state index in [0.717, 1.165) is 56.6 Å². The summed E-state index contributed by atoms with van der Waals surface area (Å²) >= 11 is 0. The third kappa shape index (κ3) is 6.84. The molecule has 1 saturated carbocycles. The van der Waals surface area contributed by atoms with Crippen molar-refractivity contribution in [1.29, 1.82) is 0 Å². The maximum Gasteiger partial charge on any atom is 0.216 e. The fourth-order valence-corrected chi connectivity index (χ4v) is 7.77. The van der Waals surface area contributed by atoms with Crippen LogP contribution < -0.4 is 0 Å². The first-order valence-electron chi connectivity index (χ1n) is 17.9. The number of pyridine rings is 2. The van der Waals surface area contributed by atoms with Crippen molar-refractivity contribution < 1.29 is 24.5 Å². The van der Waals surface area contributed by atoms with Crippen LogP contribution in [0.5, 0.6) is 0 Å². The van der Waals surface area contributed by atoms with Crippen LogP contribution in [0, 0.1) is 24.5 Å². The normalized spacial score (nSPS) is 15.3. The van der Waals surface area contributed by atoms with E-state index in [0.29, 0.717) is 11.6 Å². The Bertz CT molecular complexity index is 2390. The van der Waals surface area contributed by atoms with Crippen LogP contribution in [0.1, 0.15) is 88.6 Å². The Balaban J connectivity index is 0.000000156. The molecule has 1 radical (unpaired) electrons. The van der Waals surface area contributed by atoms with Crippen molar-refractivity contribution >= 4 is 39.2 Å². The van der Waals surface area contributed by atoms with Crippen molar-refractivity contribution in [2.45, 2.75) is 85.1 Å². The predicted molar refractivity (Wildman–Crippen MR) is 205 cm³/mol. The molecule has 7 aromatic rings. The van der Waals surface area contributed by atoms with Crippen LogP contribution in [0.2, 0.25) is 0 Å². The van der Waals surface area contributed by atoms with E-state index < -0.39 is 0 Å². The van der Waals surface area contributed by atoms with Crippen LogP contribution in [0.25, 0.3) is 61.8 Å². The standard InChI is InChI=1S/C23H23N2.C22H21N2O.Ir/c1-23(2)13-12-18-14-19(16-8-6-7-9-16)15-20-21(18)25(23)22(24-20)17-10-4-3-5-11-17;1-14-8-9-17-16-6-5-7-18(20(16)25-21(17)24-14)19-12-15(10-11-23-19)13-22(2,3)4;/h3-5,10,12-16H,6-9H2,1-2H3;5-6,8-12H,13H2,1-4H3;/q2*-1;. The second kappa shape index (κ2) is 13.6. The molecular formula is C45H44IrN4O-2. The fourth-order valence-electron chi connectivity index (χ4n) is 7.77. The van der Waals surface area contributed by atoms with Gasteiger partial charge in [-0.25, -0.2) is 4.98 Å². The molecule has 3 aromatic carbocycles. The van der Waals surface area contributed by atoms with Gasteiger partial charge in [0.2, 0.25) is 5.71 Å². The molecule has 0 bridgehead atoms. The Labute approximate surface area is 314 Å². The van der Waals surface area contributed by atoms with Crippen LogP contribution in [-0.4, -0.2) is 19.5 Å².